The summed E-state index contributed by atoms with van der Waals surface area (Å²) in [5.74, 6) is -0.660. The molecule has 0 atom stereocenters. The molecular formula is C11H14ClNO2. The van der Waals surface area contributed by atoms with E-state index in [1.807, 2.05) is 12.1 Å². The maximum atomic E-state index is 11.1. The van der Waals surface area contributed by atoms with Crippen LogP contribution in [0.3, 0.4) is 0 Å². The van der Waals surface area contributed by atoms with Gasteiger partial charge in [-0.05, 0) is 30.9 Å². The first-order valence-electron chi connectivity index (χ1n) is 4.85. The van der Waals surface area contributed by atoms with E-state index in [1.54, 1.807) is 12.4 Å². The van der Waals surface area contributed by atoms with Crippen molar-refractivity contribution in [2.45, 2.75) is 25.7 Å². The minimum Gasteiger partial charge on any atom is -0.481 e. The third kappa shape index (κ3) is 2.29. The summed E-state index contributed by atoms with van der Waals surface area (Å²) >= 11 is 0. The Morgan fingerprint density at radius 2 is 2.27 bits per heavy atom. The minimum absolute atomic E-state index is 0. The van der Waals surface area contributed by atoms with E-state index < -0.39 is 11.4 Å². The van der Waals surface area contributed by atoms with Crippen LogP contribution in [0.5, 0.6) is 0 Å². The smallest absolute Gasteiger partial charge is 0.309 e. The number of carboxylic acid groups (broad SMARTS) is 1. The molecule has 0 unspecified atom stereocenters. The van der Waals surface area contributed by atoms with Gasteiger partial charge in [0.15, 0.2) is 0 Å². The topological polar surface area (TPSA) is 50.2 Å². The summed E-state index contributed by atoms with van der Waals surface area (Å²) in [6.45, 7) is 0. The number of carbonyl (C=O) groups is 1. The lowest BCUT2D eigenvalue weighted by Gasteiger charge is -2.37. The van der Waals surface area contributed by atoms with Crippen LogP contribution in [0.4, 0.5) is 0 Å². The molecule has 1 aliphatic rings. The summed E-state index contributed by atoms with van der Waals surface area (Å²) in [6, 6.07) is 3.79. The quantitative estimate of drug-likeness (QED) is 0.862. The van der Waals surface area contributed by atoms with Crippen LogP contribution in [0.15, 0.2) is 24.5 Å². The van der Waals surface area contributed by atoms with Gasteiger partial charge in [0.25, 0.3) is 0 Å². The fraction of sp³-hybridized carbons (Fsp3) is 0.455. The van der Waals surface area contributed by atoms with Gasteiger partial charge >= 0.3 is 5.97 Å². The predicted octanol–water partition coefficient (Wildman–Crippen LogP) is 2.30. The zero-order valence-corrected chi connectivity index (χ0v) is 9.17. The van der Waals surface area contributed by atoms with Crippen molar-refractivity contribution in [2.24, 2.45) is 5.41 Å². The number of aromatic nitrogens is 1. The number of halogens is 1. The first-order valence-corrected chi connectivity index (χ1v) is 4.85. The lowest BCUT2D eigenvalue weighted by Crippen LogP contribution is -2.39. The van der Waals surface area contributed by atoms with Crippen molar-refractivity contribution in [2.75, 3.05) is 0 Å². The Bertz CT molecular complexity index is 336. The van der Waals surface area contributed by atoms with Gasteiger partial charge in [0.1, 0.15) is 0 Å². The molecule has 2 rings (SSSR count). The van der Waals surface area contributed by atoms with E-state index in [9.17, 15) is 4.79 Å². The first kappa shape index (κ1) is 12.0. The molecule has 3 nitrogen and oxygen atoms in total. The van der Waals surface area contributed by atoms with Crippen LogP contribution in [0.1, 0.15) is 24.8 Å². The maximum Gasteiger partial charge on any atom is 0.309 e. The maximum absolute atomic E-state index is 11.1. The number of rotatable bonds is 3. The van der Waals surface area contributed by atoms with Crippen LogP contribution >= 0.6 is 12.4 Å². The second kappa shape index (κ2) is 4.62. The highest BCUT2D eigenvalue weighted by molar-refractivity contribution is 5.85. The van der Waals surface area contributed by atoms with Crippen molar-refractivity contribution in [3.63, 3.8) is 0 Å². The number of hydrogen-bond donors (Lipinski definition) is 1. The van der Waals surface area contributed by atoms with Gasteiger partial charge in [0.05, 0.1) is 5.41 Å². The van der Waals surface area contributed by atoms with Crippen molar-refractivity contribution < 1.29 is 9.90 Å². The molecule has 1 saturated carbocycles. The van der Waals surface area contributed by atoms with Gasteiger partial charge in [0.2, 0.25) is 0 Å². The summed E-state index contributed by atoms with van der Waals surface area (Å²) in [5, 5.41) is 9.12. The molecule has 1 aromatic heterocycles. The summed E-state index contributed by atoms with van der Waals surface area (Å²) in [7, 11) is 0. The molecule has 1 aliphatic carbocycles. The van der Waals surface area contributed by atoms with E-state index >= 15 is 0 Å². The summed E-state index contributed by atoms with van der Waals surface area (Å²) < 4.78 is 0. The monoisotopic (exact) mass is 227 g/mol. The Balaban J connectivity index is 0.00000112. The molecule has 0 bridgehead atoms. The van der Waals surface area contributed by atoms with E-state index in [-0.39, 0.29) is 12.4 Å². The third-order valence-corrected chi connectivity index (χ3v) is 3.03. The molecule has 82 valence electrons. The molecule has 1 N–H and O–H groups in total. The fourth-order valence-electron chi connectivity index (χ4n) is 1.96. The first-order chi connectivity index (χ1) is 6.73. The second-order valence-corrected chi connectivity index (χ2v) is 3.98. The molecule has 4 heteroatoms. The van der Waals surface area contributed by atoms with Gasteiger partial charge in [-0.2, -0.15) is 0 Å². The van der Waals surface area contributed by atoms with Crippen molar-refractivity contribution >= 4 is 18.4 Å². The van der Waals surface area contributed by atoms with E-state index in [2.05, 4.69) is 4.98 Å². The van der Waals surface area contributed by atoms with Gasteiger partial charge in [0, 0.05) is 12.4 Å². The summed E-state index contributed by atoms with van der Waals surface area (Å²) in [6.07, 6.45) is 6.72. The number of carboxylic acids is 1. The number of aliphatic carboxylic acids is 1. The number of hydrogen-bond acceptors (Lipinski definition) is 2. The van der Waals surface area contributed by atoms with Gasteiger partial charge < -0.3 is 5.11 Å². The molecule has 0 amide bonds. The standard InChI is InChI=1S/C11H13NO2.ClH/c13-10(14)11(4-2-5-11)7-9-3-1-6-12-8-9;/h1,3,6,8H,2,4-5,7H2,(H,13,14);1H. The molecule has 1 fully saturated rings. The third-order valence-electron chi connectivity index (χ3n) is 3.03. The Kier molecular flexibility index (Phi) is 3.69. The second-order valence-electron chi connectivity index (χ2n) is 3.98. The predicted molar refractivity (Wildman–Crippen MR) is 59.1 cm³/mol. The Labute approximate surface area is 94.9 Å². The number of pyridine rings is 1. The molecule has 1 aromatic rings. The van der Waals surface area contributed by atoms with E-state index in [4.69, 9.17) is 5.11 Å². The van der Waals surface area contributed by atoms with Crippen LogP contribution in [-0.2, 0) is 11.2 Å². The van der Waals surface area contributed by atoms with Gasteiger partial charge in [-0.25, -0.2) is 0 Å². The average Bonchev–Trinajstić information content (AvgIpc) is 2.12. The van der Waals surface area contributed by atoms with Crippen molar-refractivity contribution in [1.82, 2.24) is 4.98 Å². The zero-order chi connectivity index (χ0) is 10.0. The molecule has 0 spiro atoms. The molecular weight excluding hydrogens is 214 g/mol. The molecule has 1 heterocycles. The van der Waals surface area contributed by atoms with Crippen molar-refractivity contribution in [3.05, 3.63) is 30.1 Å². The van der Waals surface area contributed by atoms with Crippen LogP contribution < -0.4 is 0 Å². The van der Waals surface area contributed by atoms with E-state index in [1.165, 1.54) is 0 Å². The lowest BCUT2D eigenvalue weighted by molar-refractivity contribution is -0.154. The highest BCUT2D eigenvalue weighted by Gasteiger charge is 2.44. The summed E-state index contributed by atoms with van der Waals surface area (Å²) in [5.41, 5.74) is 0.526. The average molecular weight is 228 g/mol. The van der Waals surface area contributed by atoms with Crippen LogP contribution in [0.25, 0.3) is 0 Å². The van der Waals surface area contributed by atoms with Gasteiger partial charge in [-0.3, -0.25) is 9.78 Å². The lowest BCUT2D eigenvalue weighted by atomic mass is 9.65. The molecule has 0 radical (unpaired) electrons. The van der Waals surface area contributed by atoms with Crippen LogP contribution in [-0.4, -0.2) is 16.1 Å². The van der Waals surface area contributed by atoms with Gasteiger partial charge in [-0.15, -0.1) is 12.4 Å². The minimum atomic E-state index is -0.660. The number of nitrogens with zero attached hydrogens (tertiary/aromatic N) is 1. The molecule has 15 heavy (non-hydrogen) atoms. The van der Waals surface area contributed by atoms with Crippen LogP contribution in [0, 0.1) is 5.41 Å². The summed E-state index contributed by atoms with van der Waals surface area (Å²) in [4.78, 5) is 15.1. The largest absolute Gasteiger partial charge is 0.481 e. The highest BCUT2D eigenvalue weighted by Crippen LogP contribution is 2.43. The SMILES string of the molecule is Cl.O=C(O)C1(Cc2cccnc2)CCC1. The molecule has 0 aliphatic heterocycles. The zero-order valence-electron chi connectivity index (χ0n) is 8.35. The highest BCUT2D eigenvalue weighted by atomic mass is 35.5. The normalized spacial score (nSPS) is 17.3. The van der Waals surface area contributed by atoms with E-state index in [0.717, 1.165) is 24.8 Å². The van der Waals surface area contributed by atoms with Crippen molar-refractivity contribution in [1.29, 1.82) is 0 Å². The molecule has 0 saturated heterocycles. The van der Waals surface area contributed by atoms with E-state index in [0.29, 0.717) is 6.42 Å². The molecule has 0 aromatic carbocycles. The van der Waals surface area contributed by atoms with Crippen LogP contribution in [0.2, 0.25) is 0 Å². The Morgan fingerprint density at radius 3 is 2.67 bits per heavy atom. The Hall–Kier alpha value is -1.09. The Morgan fingerprint density at radius 1 is 1.53 bits per heavy atom. The van der Waals surface area contributed by atoms with Gasteiger partial charge in [-0.1, -0.05) is 12.5 Å². The van der Waals surface area contributed by atoms with Crippen molar-refractivity contribution in [3.8, 4) is 0 Å². The fourth-order valence-corrected chi connectivity index (χ4v) is 1.96.